The molecule has 0 bridgehead atoms. The monoisotopic (exact) mass is 277 g/mol. The van der Waals surface area contributed by atoms with Gasteiger partial charge in [-0.1, -0.05) is 6.58 Å². The molecule has 0 spiro atoms. The Bertz CT molecular complexity index is 426. The average Bonchev–Trinajstić information content (AvgIpc) is 2.45. The van der Waals surface area contributed by atoms with Crippen LogP contribution in [0.4, 0.5) is 0 Å². The van der Waals surface area contributed by atoms with Gasteiger partial charge in [-0.2, -0.15) is 0 Å². The van der Waals surface area contributed by atoms with Gasteiger partial charge in [0.15, 0.2) is 5.78 Å². The van der Waals surface area contributed by atoms with Crippen molar-refractivity contribution < 1.29 is 14.3 Å². The molecular formula is C16H23NO3. The van der Waals surface area contributed by atoms with E-state index in [-0.39, 0.29) is 5.78 Å². The number of Topliss-reactive ketones (excluding diaryl/α,β-unsaturated/α-hetero) is 1. The van der Waals surface area contributed by atoms with Crippen molar-refractivity contribution in [3.63, 3.8) is 0 Å². The lowest BCUT2D eigenvalue weighted by atomic mass is 10.1. The molecule has 0 heterocycles. The third-order valence-electron chi connectivity index (χ3n) is 2.65. The summed E-state index contributed by atoms with van der Waals surface area (Å²) in [4.78, 5) is 11.9. The Labute approximate surface area is 120 Å². The number of methoxy groups -OCH3 is 1. The maximum Gasteiger partial charge on any atom is 0.176 e. The van der Waals surface area contributed by atoms with Crippen molar-refractivity contribution in [3.8, 4) is 5.75 Å². The Morgan fingerprint density at radius 1 is 1.30 bits per heavy atom. The van der Waals surface area contributed by atoms with E-state index < -0.39 is 0 Å². The average molecular weight is 277 g/mol. The fourth-order valence-electron chi connectivity index (χ4n) is 1.59. The summed E-state index contributed by atoms with van der Waals surface area (Å²) in [5.41, 5.74) is 1.65. The fraction of sp³-hybridized carbons (Fsp3) is 0.438. The van der Waals surface area contributed by atoms with E-state index in [0.29, 0.717) is 25.3 Å². The van der Waals surface area contributed by atoms with Crippen LogP contribution in [0.1, 0.15) is 23.7 Å². The molecule has 4 nitrogen and oxygen atoms in total. The number of carbonyl (C=O) groups excluding carboxylic acids is 1. The quantitative estimate of drug-likeness (QED) is 0.405. The van der Waals surface area contributed by atoms with Crippen LogP contribution in [-0.4, -0.2) is 39.2 Å². The molecular weight excluding hydrogens is 254 g/mol. The molecule has 4 heteroatoms. The van der Waals surface area contributed by atoms with Crippen LogP contribution < -0.4 is 10.1 Å². The lowest BCUT2D eigenvalue weighted by Crippen LogP contribution is -2.24. The van der Waals surface area contributed by atoms with Gasteiger partial charge in [-0.25, -0.2) is 0 Å². The summed E-state index contributed by atoms with van der Waals surface area (Å²) < 4.78 is 10.4. The van der Waals surface area contributed by atoms with Gasteiger partial charge in [-0.15, -0.1) is 0 Å². The predicted molar refractivity (Wildman–Crippen MR) is 80.4 cm³/mol. The number of hydrogen-bond donors (Lipinski definition) is 1. The molecule has 0 unspecified atom stereocenters. The summed E-state index contributed by atoms with van der Waals surface area (Å²) in [6.45, 7) is 8.00. The largest absolute Gasteiger partial charge is 0.489 e. The van der Waals surface area contributed by atoms with E-state index in [9.17, 15) is 4.79 Å². The Hall–Kier alpha value is -1.65. The molecule has 110 valence electrons. The highest BCUT2D eigenvalue weighted by molar-refractivity contribution is 5.97. The highest BCUT2D eigenvalue weighted by Gasteiger charge is 2.05. The van der Waals surface area contributed by atoms with Gasteiger partial charge in [0, 0.05) is 19.3 Å². The van der Waals surface area contributed by atoms with Gasteiger partial charge in [0.25, 0.3) is 0 Å². The molecule has 0 atom stereocenters. The van der Waals surface area contributed by atoms with Crippen molar-refractivity contribution in [3.05, 3.63) is 42.0 Å². The highest BCUT2D eigenvalue weighted by atomic mass is 16.5. The molecule has 0 saturated carbocycles. The maximum absolute atomic E-state index is 11.9. The van der Waals surface area contributed by atoms with E-state index >= 15 is 0 Å². The Kier molecular flexibility index (Phi) is 7.62. The zero-order valence-electron chi connectivity index (χ0n) is 12.3. The number of ether oxygens (including phenoxy) is 2. The molecule has 0 radical (unpaired) electrons. The number of rotatable bonds is 10. The minimum absolute atomic E-state index is 0.0777. The Morgan fingerprint density at radius 3 is 2.60 bits per heavy atom. The number of carbonyl (C=O) groups is 1. The van der Waals surface area contributed by atoms with Gasteiger partial charge >= 0.3 is 0 Å². The van der Waals surface area contributed by atoms with Crippen LogP contribution in [0.15, 0.2) is 36.4 Å². The highest BCUT2D eigenvalue weighted by Crippen LogP contribution is 2.13. The molecule has 0 amide bonds. The Balaban J connectivity index is 2.35. The van der Waals surface area contributed by atoms with Crippen LogP contribution in [-0.2, 0) is 4.74 Å². The third-order valence-corrected chi connectivity index (χ3v) is 2.65. The third kappa shape index (κ3) is 6.50. The van der Waals surface area contributed by atoms with Crippen LogP contribution in [0.5, 0.6) is 5.75 Å². The van der Waals surface area contributed by atoms with Gasteiger partial charge in [-0.05, 0) is 49.7 Å². The van der Waals surface area contributed by atoms with Crippen molar-refractivity contribution in [2.45, 2.75) is 13.3 Å². The minimum Gasteiger partial charge on any atom is -0.489 e. The van der Waals surface area contributed by atoms with E-state index in [4.69, 9.17) is 9.47 Å². The molecule has 1 aromatic rings. The van der Waals surface area contributed by atoms with Crippen molar-refractivity contribution in [2.75, 3.05) is 33.4 Å². The van der Waals surface area contributed by atoms with E-state index in [1.54, 1.807) is 31.4 Å². The maximum atomic E-state index is 11.9. The summed E-state index contributed by atoms with van der Waals surface area (Å²) in [6.07, 6.45) is 0.900. The van der Waals surface area contributed by atoms with E-state index in [1.165, 1.54) is 0 Å². The second-order valence-corrected chi connectivity index (χ2v) is 4.72. The van der Waals surface area contributed by atoms with E-state index in [1.807, 2.05) is 6.92 Å². The summed E-state index contributed by atoms with van der Waals surface area (Å²) in [6, 6.07) is 7.18. The molecule has 0 aromatic heterocycles. The van der Waals surface area contributed by atoms with Crippen molar-refractivity contribution in [1.29, 1.82) is 0 Å². The summed E-state index contributed by atoms with van der Waals surface area (Å²) in [7, 11) is 1.67. The first-order valence-electron chi connectivity index (χ1n) is 6.73. The molecule has 0 aliphatic heterocycles. The Morgan fingerprint density at radius 2 is 2.00 bits per heavy atom. The smallest absolute Gasteiger partial charge is 0.176 e. The first-order valence-corrected chi connectivity index (χ1v) is 6.73. The predicted octanol–water partition coefficient (Wildman–Crippen LogP) is 2.45. The molecule has 1 aromatic carbocycles. The van der Waals surface area contributed by atoms with Crippen LogP contribution >= 0.6 is 0 Å². The van der Waals surface area contributed by atoms with Gasteiger partial charge in [0.1, 0.15) is 12.4 Å². The SMILES string of the molecule is C=C(C)COc1ccc(C(=O)CNCCCOC)cc1. The lowest BCUT2D eigenvalue weighted by Gasteiger charge is -2.07. The zero-order chi connectivity index (χ0) is 14.8. The molecule has 1 rings (SSSR count). The van der Waals surface area contributed by atoms with Gasteiger partial charge in [0.2, 0.25) is 0 Å². The van der Waals surface area contributed by atoms with E-state index in [2.05, 4.69) is 11.9 Å². The zero-order valence-corrected chi connectivity index (χ0v) is 12.3. The molecule has 0 fully saturated rings. The summed E-state index contributed by atoms with van der Waals surface area (Å²) in [5.74, 6) is 0.825. The van der Waals surface area contributed by atoms with E-state index in [0.717, 1.165) is 24.3 Å². The first kappa shape index (κ1) is 16.4. The number of benzene rings is 1. The van der Waals surface area contributed by atoms with Gasteiger partial charge in [-0.3, -0.25) is 4.79 Å². The van der Waals surface area contributed by atoms with Gasteiger partial charge in [0.05, 0.1) is 6.54 Å². The van der Waals surface area contributed by atoms with Crippen LogP contribution in [0.3, 0.4) is 0 Å². The number of nitrogens with one attached hydrogen (secondary N) is 1. The normalized spacial score (nSPS) is 10.3. The van der Waals surface area contributed by atoms with Crippen LogP contribution in [0.25, 0.3) is 0 Å². The van der Waals surface area contributed by atoms with Crippen molar-refractivity contribution in [2.24, 2.45) is 0 Å². The lowest BCUT2D eigenvalue weighted by molar-refractivity contribution is 0.0990. The topological polar surface area (TPSA) is 47.6 Å². The van der Waals surface area contributed by atoms with Crippen molar-refractivity contribution in [1.82, 2.24) is 5.32 Å². The summed E-state index contributed by atoms with van der Waals surface area (Å²) in [5, 5.41) is 3.10. The van der Waals surface area contributed by atoms with Gasteiger partial charge < -0.3 is 14.8 Å². The molecule has 0 saturated heterocycles. The molecule has 1 N–H and O–H groups in total. The molecule has 0 aliphatic carbocycles. The summed E-state index contributed by atoms with van der Waals surface area (Å²) >= 11 is 0. The standard InChI is InChI=1S/C16H23NO3/c1-13(2)12-20-15-7-5-14(6-8-15)16(18)11-17-9-4-10-19-3/h5-8,17H,1,4,9-12H2,2-3H3. The minimum atomic E-state index is 0.0777. The number of ketones is 1. The first-order chi connectivity index (χ1) is 9.63. The second-order valence-electron chi connectivity index (χ2n) is 4.72. The second kappa shape index (κ2) is 9.28. The van der Waals surface area contributed by atoms with Crippen LogP contribution in [0.2, 0.25) is 0 Å². The van der Waals surface area contributed by atoms with Crippen molar-refractivity contribution >= 4 is 5.78 Å². The molecule has 20 heavy (non-hydrogen) atoms. The molecule has 0 aliphatic rings. The number of hydrogen-bond acceptors (Lipinski definition) is 4. The van der Waals surface area contributed by atoms with Crippen LogP contribution in [0, 0.1) is 0 Å². The fourth-order valence-corrected chi connectivity index (χ4v) is 1.59.